The van der Waals surface area contributed by atoms with Gasteiger partial charge >= 0.3 is 0 Å². The molecular formula is C10H14Cl2N2O2. The molecule has 1 atom stereocenters. The molecule has 6 heteroatoms. The van der Waals surface area contributed by atoms with Crippen molar-refractivity contribution in [3.05, 3.63) is 21.9 Å². The van der Waals surface area contributed by atoms with Crippen molar-refractivity contribution in [2.24, 2.45) is 0 Å². The minimum absolute atomic E-state index is 0.250. The second kappa shape index (κ2) is 6.13. The smallest absolute Gasteiger partial charge is 0.267 e. The van der Waals surface area contributed by atoms with E-state index in [9.17, 15) is 9.90 Å². The van der Waals surface area contributed by atoms with Gasteiger partial charge in [-0.1, -0.05) is 30.1 Å². The molecule has 0 aromatic carbocycles. The largest absolute Gasteiger partial charge is 0.393 e. The first kappa shape index (κ1) is 13.4. The number of hydrogen-bond acceptors (Lipinski definition) is 2. The molecule has 1 heterocycles. The van der Waals surface area contributed by atoms with Crippen LogP contribution in [-0.4, -0.2) is 28.6 Å². The van der Waals surface area contributed by atoms with Crippen LogP contribution in [-0.2, 0) is 0 Å². The van der Waals surface area contributed by atoms with Crippen molar-refractivity contribution in [2.75, 3.05) is 6.54 Å². The number of aliphatic hydroxyl groups is 1. The van der Waals surface area contributed by atoms with Crippen LogP contribution in [0.15, 0.2) is 6.07 Å². The van der Waals surface area contributed by atoms with E-state index in [1.165, 1.54) is 6.07 Å². The van der Waals surface area contributed by atoms with Crippen LogP contribution in [0.4, 0.5) is 0 Å². The molecule has 0 saturated carbocycles. The van der Waals surface area contributed by atoms with Gasteiger partial charge in [0.05, 0.1) is 11.1 Å². The van der Waals surface area contributed by atoms with E-state index in [1.807, 2.05) is 6.92 Å². The number of nitrogens with one attached hydrogen (secondary N) is 2. The number of aromatic nitrogens is 1. The number of amides is 1. The third kappa shape index (κ3) is 3.70. The molecule has 0 aliphatic carbocycles. The highest BCUT2D eigenvalue weighted by Crippen LogP contribution is 2.21. The Morgan fingerprint density at radius 3 is 2.81 bits per heavy atom. The molecule has 0 fully saturated rings. The summed E-state index contributed by atoms with van der Waals surface area (Å²) in [6.45, 7) is 2.30. The van der Waals surface area contributed by atoms with Crippen molar-refractivity contribution >= 4 is 29.1 Å². The Bertz CT molecular complexity index is 346. The fourth-order valence-corrected chi connectivity index (χ4v) is 1.49. The van der Waals surface area contributed by atoms with Gasteiger partial charge in [-0.15, -0.1) is 0 Å². The summed E-state index contributed by atoms with van der Waals surface area (Å²) in [5.74, 6) is -0.280. The lowest BCUT2D eigenvalue weighted by Crippen LogP contribution is -2.27. The van der Waals surface area contributed by atoms with Gasteiger partial charge in [-0.05, 0) is 18.9 Å². The SMILES string of the molecule is CCC(O)CCNC(=O)c1cc(Cl)c(Cl)[nH]1. The minimum atomic E-state index is -0.379. The first-order valence-electron chi connectivity index (χ1n) is 5.04. The Morgan fingerprint density at radius 2 is 2.31 bits per heavy atom. The third-order valence-electron chi connectivity index (χ3n) is 2.20. The predicted octanol–water partition coefficient (Wildman–Crippen LogP) is 2.21. The van der Waals surface area contributed by atoms with Crippen molar-refractivity contribution < 1.29 is 9.90 Å². The summed E-state index contributed by atoms with van der Waals surface area (Å²) in [6.07, 6.45) is 0.830. The van der Waals surface area contributed by atoms with E-state index in [0.717, 1.165) is 0 Å². The maximum atomic E-state index is 11.5. The molecule has 90 valence electrons. The summed E-state index contributed by atoms with van der Waals surface area (Å²) in [6, 6.07) is 1.47. The Kier molecular flexibility index (Phi) is 5.12. The standard InChI is InChI=1S/C10H14Cl2N2O2/c1-2-6(15)3-4-13-10(16)8-5-7(11)9(12)14-8/h5-6,14-15H,2-4H2,1H3,(H,13,16). The molecule has 0 saturated heterocycles. The highest BCUT2D eigenvalue weighted by molar-refractivity contribution is 6.41. The average Bonchev–Trinajstić information content (AvgIpc) is 2.59. The van der Waals surface area contributed by atoms with Crippen molar-refractivity contribution in [1.29, 1.82) is 0 Å². The number of hydrogen-bond donors (Lipinski definition) is 3. The minimum Gasteiger partial charge on any atom is -0.393 e. The number of carbonyl (C=O) groups is 1. The normalized spacial score (nSPS) is 12.5. The summed E-state index contributed by atoms with van der Waals surface area (Å²) in [5, 5.41) is 12.5. The van der Waals surface area contributed by atoms with Crippen LogP contribution < -0.4 is 5.32 Å². The highest BCUT2D eigenvalue weighted by atomic mass is 35.5. The molecule has 0 spiro atoms. The number of aliphatic hydroxyl groups excluding tert-OH is 1. The lowest BCUT2D eigenvalue weighted by molar-refractivity contribution is 0.0937. The molecule has 4 nitrogen and oxygen atoms in total. The second-order valence-electron chi connectivity index (χ2n) is 3.45. The molecule has 0 radical (unpaired) electrons. The second-order valence-corrected chi connectivity index (χ2v) is 4.24. The van der Waals surface area contributed by atoms with Crippen LogP contribution in [0.3, 0.4) is 0 Å². The molecule has 1 amide bonds. The summed E-state index contributed by atoms with van der Waals surface area (Å²) >= 11 is 11.4. The van der Waals surface area contributed by atoms with Crippen molar-refractivity contribution in [1.82, 2.24) is 10.3 Å². The summed E-state index contributed by atoms with van der Waals surface area (Å²) in [7, 11) is 0. The number of carbonyl (C=O) groups excluding carboxylic acids is 1. The Morgan fingerprint density at radius 1 is 1.62 bits per heavy atom. The molecule has 3 N–H and O–H groups in total. The lowest BCUT2D eigenvalue weighted by atomic mass is 10.2. The van der Waals surface area contributed by atoms with Gasteiger partial charge in [0, 0.05) is 6.54 Å². The van der Waals surface area contributed by atoms with E-state index in [1.54, 1.807) is 0 Å². The van der Waals surface area contributed by atoms with Crippen LogP contribution in [0.2, 0.25) is 10.2 Å². The Hall–Kier alpha value is -0.710. The monoisotopic (exact) mass is 264 g/mol. The van der Waals surface area contributed by atoms with Crippen molar-refractivity contribution in [2.45, 2.75) is 25.9 Å². The lowest BCUT2D eigenvalue weighted by Gasteiger charge is -2.07. The fourth-order valence-electron chi connectivity index (χ4n) is 1.18. The maximum Gasteiger partial charge on any atom is 0.267 e. The zero-order valence-electron chi connectivity index (χ0n) is 8.89. The van der Waals surface area contributed by atoms with Crippen molar-refractivity contribution in [3.63, 3.8) is 0 Å². The Labute approximate surface area is 104 Å². The van der Waals surface area contributed by atoms with E-state index in [0.29, 0.717) is 30.1 Å². The van der Waals surface area contributed by atoms with Crippen LogP contribution in [0.5, 0.6) is 0 Å². The predicted molar refractivity (Wildman–Crippen MR) is 64.1 cm³/mol. The molecule has 1 rings (SSSR count). The zero-order valence-corrected chi connectivity index (χ0v) is 10.4. The topological polar surface area (TPSA) is 65.1 Å². The quantitative estimate of drug-likeness (QED) is 0.764. The Balaban J connectivity index is 2.41. The van der Waals surface area contributed by atoms with Gasteiger partial charge in [0.15, 0.2) is 0 Å². The van der Waals surface area contributed by atoms with E-state index in [4.69, 9.17) is 23.2 Å². The van der Waals surface area contributed by atoms with Gasteiger partial charge < -0.3 is 15.4 Å². The molecule has 1 unspecified atom stereocenters. The zero-order chi connectivity index (χ0) is 12.1. The van der Waals surface area contributed by atoms with Gasteiger partial charge in [0.2, 0.25) is 0 Å². The molecule has 1 aromatic heterocycles. The molecular weight excluding hydrogens is 251 g/mol. The summed E-state index contributed by atoms with van der Waals surface area (Å²) in [5.41, 5.74) is 0.320. The molecule has 1 aromatic rings. The van der Waals surface area contributed by atoms with Crippen LogP contribution >= 0.6 is 23.2 Å². The molecule has 0 aliphatic heterocycles. The van der Waals surface area contributed by atoms with Gasteiger partial charge in [-0.25, -0.2) is 0 Å². The average molecular weight is 265 g/mol. The highest BCUT2D eigenvalue weighted by Gasteiger charge is 2.11. The fraction of sp³-hybridized carbons (Fsp3) is 0.500. The van der Waals surface area contributed by atoms with E-state index in [2.05, 4.69) is 10.3 Å². The first-order chi connectivity index (χ1) is 7.54. The molecule has 16 heavy (non-hydrogen) atoms. The first-order valence-corrected chi connectivity index (χ1v) is 5.80. The third-order valence-corrected chi connectivity index (χ3v) is 2.90. The summed E-state index contributed by atoms with van der Waals surface area (Å²) in [4.78, 5) is 14.2. The van der Waals surface area contributed by atoms with E-state index in [-0.39, 0.29) is 17.2 Å². The maximum absolute atomic E-state index is 11.5. The van der Waals surface area contributed by atoms with Crippen LogP contribution in [0.25, 0.3) is 0 Å². The van der Waals surface area contributed by atoms with Gasteiger partial charge in [-0.3, -0.25) is 4.79 Å². The summed E-state index contributed by atoms with van der Waals surface area (Å²) < 4.78 is 0. The van der Waals surface area contributed by atoms with Gasteiger partial charge in [0.1, 0.15) is 10.8 Å². The van der Waals surface area contributed by atoms with Gasteiger partial charge in [0.25, 0.3) is 5.91 Å². The molecule has 0 aliphatic rings. The number of halogens is 2. The van der Waals surface area contributed by atoms with Crippen molar-refractivity contribution in [3.8, 4) is 0 Å². The number of H-pyrrole nitrogens is 1. The van der Waals surface area contributed by atoms with E-state index >= 15 is 0 Å². The molecule has 0 bridgehead atoms. The van der Waals surface area contributed by atoms with Gasteiger partial charge in [-0.2, -0.15) is 0 Å². The van der Waals surface area contributed by atoms with E-state index < -0.39 is 0 Å². The number of aromatic amines is 1. The van der Waals surface area contributed by atoms with Crippen LogP contribution in [0.1, 0.15) is 30.3 Å². The van der Waals surface area contributed by atoms with Crippen LogP contribution in [0, 0.1) is 0 Å². The number of rotatable bonds is 5.